The predicted molar refractivity (Wildman–Crippen MR) is 124 cm³/mol. The summed E-state index contributed by atoms with van der Waals surface area (Å²) in [7, 11) is -3.39. The average Bonchev–Trinajstić information content (AvgIpc) is 3.36. The van der Waals surface area contributed by atoms with Gasteiger partial charge in [0.05, 0.1) is 21.6 Å². The molecule has 2 aliphatic rings. The fourth-order valence-corrected chi connectivity index (χ4v) is 6.71. The second-order valence-electron chi connectivity index (χ2n) is 8.73. The summed E-state index contributed by atoms with van der Waals surface area (Å²) in [5, 5.41) is 12.2. The quantitative estimate of drug-likeness (QED) is 0.573. The van der Waals surface area contributed by atoms with E-state index in [0.717, 1.165) is 29.8 Å². The highest BCUT2D eigenvalue weighted by molar-refractivity contribution is 7.90. The van der Waals surface area contributed by atoms with Gasteiger partial charge in [-0.3, -0.25) is 4.79 Å². The molecule has 3 heterocycles. The van der Waals surface area contributed by atoms with Gasteiger partial charge >= 0.3 is 0 Å². The van der Waals surface area contributed by atoms with E-state index in [1.807, 2.05) is 30.3 Å². The summed E-state index contributed by atoms with van der Waals surface area (Å²) < 4.78 is 23.7. The van der Waals surface area contributed by atoms with Crippen LogP contribution < -0.4 is 4.90 Å². The molecule has 32 heavy (non-hydrogen) atoms. The molecule has 166 valence electrons. The number of carbonyl (C=O) groups excluding carboxylic acids is 1. The molecule has 3 atom stereocenters. The van der Waals surface area contributed by atoms with E-state index >= 15 is 0 Å². The molecule has 1 N–H and O–H groups in total. The second-order valence-corrected chi connectivity index (χ2v) is 11.8. The normalized spacial score (nSPS) is 25.1. The van der Waals surface area contributed by atoms with Crippen LogP contribution >= 0.6 is 11.3 Å². The first-order valence-electron chi connectivity index (χ1n) is 10.6. The van der Waals surface area contributed by atoms with Crippen LogP contribution in [-0.2, 0) is 15.4 Å². The largest absolute Gasteiger partial charge is 0.385 e. The summed E-state index contributed by atoms with van der Waals surface area (Å²) in [6.45, 7) is 0. The molecule has 0 unspecified atom stereocenters. The van der Waals surface area contributed by atoms with Crippen LogP contribution in [0.2, 0.25) is 0 Å². The molecular weight excluding hydrogens is 444 g/mol. The van der Waals surface area contributed by atoms with Gasteiger partial charge in [0.2, 0.25) is 5.78 Å². The molecule has 2 aromatic carbocycles. The molecule has 8 heteroatoms. The summed E-state index contributed by atoms with van der Waals surface area (Å²) in [5.74, 6) is -0.232. The zero-order valence-corrected chi connectivity index (χ0v) is 19.3. The Kier molecular flexibility index (Phi) is 5.19. The van der Waals surface area contributed by atoms with Crippen LogP contribution in [0.5, 0.6) is 0 Å². The van der Waals surface area contributed by atoms with Crippen LogP contribution in [0.4, 0.5) is 5.13 Å². The number of carbonyl (C=O) groups is 1. The van der Waals surface area contributed by atoms with Crippen LogP contribution in [0.15, 0.2) is 65.7 Å². The van der Waals surface area contributed by atoms with Crippen molar-refractivity contribution in [3.8, 4) is 0 Å². The molecule has 0 radical (unpaired) electrons. The molecule has 0 amide bonds. The van der Waals surface area contributed by atoms with E-state index in [0.29, 0.717) is 23.3 Å². The second kappa shape index (κ2) is 7.79. The first-order valence-corrected chi connectivity index (χ1v) is 13.3. The van der Waals surface area contributed by atoms with Crippen LogP contribution in [-0.4, -0.2) is 42.6 Å². The van der Waals surface area contributed by atoms with Crippen molar-refractivity contribution >= 4 is 32.1 Å². The highest BCUT2D eigenvalue weighted by atomic mass is 32.2. The topological polar surface area (TPSA) is 87.6 Å². The summed E-state index contributed by atoms with van der Waals surface area (Å²) >= 11 is 1.33. The summed E-state index contributed by atoms with van der Waals surface area (Å²) in [4.78, 5) is 20.4. The fraction of sp³-hybridized carbons (Fsp3) is 0.333. The third kappa shape index (κ3) is 3.76. The van der Waals surface area contributed by atoms with Crippen molar-refractivity contribution in [2.45, 2.75) is 48.3 Å². The Balaban J connectivity index is 1.39. The van der Waals surface area contributed by atoms with Gasteiger partial charge in [0, 0.05) is 36.7 Å². The van der Waals surface area contributed by atoms with Crippen LogP contribution in [0, 0.1) is 0 Å². The van der Waals surface area contributed by atoms with E-state index < -0.39 is 15.4 Å². The lowest BCUT2D eigenvalue weighted by atomic mass is 9.81. The number of aliphatic hydroxyl groups is 1. The Labute approximate surface area is 191 Å². The first-order chi connectivity index (χ1) is 15.2. The number of anilines is 1. The number of piperidine rings is 1. The number of sulfone groups is 1. The Morgan fingerprint density at radius 1 is 1.09 bits per heavy atom. The lowest BCUT2D eigenvalue weighted by molar-refractivity contribution is -0.00303. The first kappa shape index (κ1) is 21.3. The number of thiazole rings is 1. The average molecular weight is 469 g/mol. The molecule has 6 nitrogen and oxygen atoms in total. The zero-order valence-electron chi connectivity index (χ0n) is 17.6. The van der Waals surface area contributed by atoms with Crippen LogP contribution in [0.25, 0.3) is 0 Å². The number of rotatable bonds is 5. The Bertz CT molecular complexity index is 1260. The summed E-state index contributed by atoms with van der Waals surface area (Å²) in [6, 6.07) is 16.3. The summed E-state index contributed by atoms with van der Waals surface area (Å²) in [5.41, 5.74) is 0.450. The number of hydrogen-bond acceptors (Lipinski definition) is 7. The molecule has 2 aliphatic heterocycles. The van der Waals surface area contributed by atoms with E-state index in [9.17, 15) is 18.3 Å². The van der Waals surface area contributed by atoms with E-state index in [1.54, 1.807) is 18.3 Å². The Morgan fingerprint density at radius 3 is 2.44 bits per heavy atom. The highest BCUT2D eigenvalue weighted by Gasteiger charge is 2.49. The van der Waals surface area contributed by atoms with Gasteiger partial charge in [-0.05, 0) is 30.5 Å². The Morgan fingerprint density at radius 2 is 1.78 bits per heavy atom. The molecule has 0 aliphatic carbocycles. The minimum Gasteiger partial charge on any atom is -0.385 e. The van der Waals surface area contributed by atoms with Gasteiger partial charge in [-0.25, -0.2) is 13.4 Å². The SMILES string of the molecule is CS(=O)(=O)c1cccc(C(=O)c2cnc(N3[C@@H]4CC[C@H]3C[C@@](O)(c3ccccc3)C4)s2)c1. The van der Waals surface area contributed by atoms with E-state index in [2.05, 4.69) is 9.88 Å². The van der Waals surface area contributed by atoms with Crippen molar-refractivity contribution in [3.05, 3.63) is 76.8 Å². The number of benzene rings is 2. The molecule has 0 saturated carbocycles. The molecule has 3 aromatic rings. The van der Waals surface area contributed by atoms with Gasteiger partial charge in [0.1, 0.15) is 0 Å². The van der Waals surface area contributed by atoms with E-state index in [-0.39, 0.29) is 22.8 Å². The maximum absolute atomic E-state index is 13.0. The minimum atomic E-state index is -3.39. The van der Waals surface area contributed by atoms with Crippen molar-refractivity contribution in [2.24, 2.45) is 0 Å². The lowest BCUT2D eigenvalue weighted by Crippen LogP contribution is -2.49. The molecule has 2 saturated heterocycles. The summed E-state index contributed by atoms with van der Waals surface area (Å²) in [6.07, 6.45) is 5.94. The fourth-order valence-electron chi connectivity index (χ4n) is 5.02. The number of fused-ring (bicyclic) bond motifs is 2. The molecule has 0 spiro atoms. The van der Waals surface area contributed by atoms with E-state index in [1.165, 1.54) is 23.5 Å². The zero-order chi connectivity index (χ0) is 22.5. The van der Waals surface area contributed by atoms with Gasteiger partial charge in [-0.1, -0.05) is 53.8 Å². The van der Waals surface area contributed by atoms with Crippen molar-refractivity contribution < 1.29 is 18.3 Å². The molecule has 2 bridgehead atoms. The van der Waals surface area contributed by atoms with Gasteiger partial charge in [0.15, 0.2) is 15.0 Å². The maximum Gasteiger partial charge on any atom is 0.204 e. The van der Waals surface area contributed by atoms with Crippen molar-refractivity contribution in [3.63, 3.8) is 0 Å². The molecule has 5 rings (SSSR count). The van der Waals surface area contributed by atoms with Crippen molar-refractivity contribution in [1.29, 1.82) is 0 Å². The standard InChI is InChI=1S/C24H24N2O4S2/c1-32(29,30)20-9-5-6-16(12-20)22(27)21-15-25-23(31-21)26-18-10-11-19(26)14-24(28,13-18)17-7-3-2-4-8-17/h2-9,12,15,18-19,28H,10-11,13-14H2,1H3/t18-,19+,24-. The minimum absolute atomic E-state index is 0.127. The van der Waals surface area contributed by atoms with Crippen molar-refractivity contribution in [2.75, 3.05) is 11.2 Å². The number of hydrogen-bond donors (Lipinski definition) is 1. The smallest absolute Gasteiger partial charge is 0.204 e. The highest BCUT2D eigenvalue weighted by Crippen LogP contribution is 2.48. The third-order valence-electron chi connectivity index (χ3n) is 6.54. The van der Waals surface area contributed by atoms with Crippen molar-refractivity contribution in [1.82, 2.24) is 4.98 Å². The van der Waals surface area contributed by atoms with Gasteiger partial charge in [-0.15, -0.1) is 0 Å². The van der Waals surface area contributed by atoms with Gasteiger partial charge in [-0.2, -0.15) is 0 Å². The molecule has 1 aromatic heterocycles. The van der Waals surface area contributed by atoms with Crippen LogP contribution in [0.3, 0.4) is 0 Å². The molecular formula is C24H24N2O4S2. The lowest BCUT2D eigenvalue weighted by Gasteiger charge is -2.44. The number of aromatic nitrogens is 1. The predicted octanol–water partition coefficient (Wildman–Crippen LogP) is 3.80. The monoisotopic (exact) mass is 468 g/mol. The third-order valence-corrected chi connectivity index (χ3v) is 8.66. The Hall–Kier alpha value is -2.55. The number of nitrogens with zero attached hydrogens (tertiary/aromatic N) is 2. The van der Waals surface area contributed by atoms with Gasteiger partial charge in [0.25, 0.3) is 0 Å². The van der Waals surface area contributed by atoms with Crippen LogP contribution in [0.1, 0.15) is 46.5 Å². The molecule has 2 fully saturated rings. The number of ketones is 1. The van der Waals surface area contributed by atoms with E-state index in [4.69, 9.17) is 0 Å². The maximum atomic E-state index is 13.0. The van der Waals surface area contributed by atoms with Gasteiger partial charge < -0.3 is 10.0 Å².